The number of nitrogens with one attached hydrogen (secondary N) is 1. The maximum absolute atomic E-state index is 12.0. The minimum absolute atomic E-state index is 0.0829. The van der Waals surface area contributed by atoms with Gasteiger partial charge in [0, 0.05) is 23.6 Å². The molecule has 1 N–H and O–H groups in total. The lowest BCUT2D eigenvalue weighted by Crippen LogP contribution is -2.13. The zero-order chi connectivity index (χ0) is 18.1. The number of ether oxygens (including phenoxy) is 1. The molecule has 2 rings (SSSR count). The van der Waals surface area contributed by atoms with Crippen molar-refractivity contribution < 1.29 is 14.3 Å². The van der Waals surface area contributed by atoms with Crippen molar-refractivity contribution in [3.8, 4) is 0 Å². The number of anilines is 1. The molecule has 1 amide bonds. The van der Waals surface area contributed by atoms with Gasteiger partial charge in [-0.15, -0.1) is 0 Å². The van der Waals surface area contributed by atoms with Gasteiger partial charge in [-0.3, -0.25) is 4.79 Å². The van der Waals surface area contributed by atoms with E-state index in [1.165, 1.54) is 5.56 Å². The van der Waals surface area contributed by atoms with Gasteiger partial charge in [0.25, 0.3) is 0 Å². The van der Waals surface area contributed by atoms with Crippen LogP contribution in [0.4, 0.5) is 5.69 Å². The van der Waals surface area contributed by atoms with Gasteiger partial charge < -0.3 is 10.1 Å². The molecule has 0 aliphatic carbocycles. The fourth-order valence-corrected chi connectivity index (χ4v) is 3.28. The van der Waals surface area contributed by atoms with Crippen molar-refractivity contribution in [1.29, 1.82) is 0 Å². The smallest absolute Gasteiger partial charge is 0.339 e. The van der Waals surface area contributed by atoms with Crippen LogP contribution in [0.3, 0.4) is 0 Å². The van der Waals surface area contributed by atoms with Crippen LogP contribution < -0.4 is 5.32 Å². The van der Waals surface area contributed by atoms with Gasteiger partial charge in [0.1, 0.15) is 0 Å². The largest absolute Gasteiger partial charge is 0.462 e. The van der Waals surface area contributed by atoms with Gasteiger partial charge in [-0.2, -0.15) is 11.8 Å². The molecule has 6 heteroatoms. The SMILES string of the molecule is CCOC(=O)c1ccc(NC(=O)CCSCc2ccccc2)cc1Cl. The normalized spacial score (nSPS) is 10.3. The fourth-order valence-electron chi connectivity index (χ4n) is 2.12. The van der Waals surface area contributed by atoms with E-state index >= 15 is 0 Å². The van der Waals surface area contributed by atoms with Gasteiger partial charge in [0.15, 0.2) is 0 Å². The molecule has 0 bridgehead atoms. The lowest BCUT2D eigenvalue weighted by Gasteiger charge is -2.08. The van der Waals surface area contributed by atoms with E-state index in [9.17, 15) is 9.59 Å². The number of amides is 1. The molecular formula is C19H20ClNO3S. The van der Waals surface area contributed by atoms with Crippen LogP contribution >= 0.6 is 23.4 Å². The molecule has 0 saturated heterocycles. The lowest BCUT2D eigenvalue weighted by atomic mass is 10.2. The zero-order valence-corrected chi connectivity index (χ0v) is 15.5. The Morgan fingerprint density at radius 2 is 1.92 bits per heavy atom. The van der Waals surface area contributed by atoms with Crippen LogP contribution in [0, 0.1) is 0 Å². The van der Waals surface area contributed by atoms with Gasteiger partial charge in [-0.1, -0.05) is 41.9 Å². The Labute approximate surface area is 156 Å². The summed E-state index contributed by atoms with van der Waals surface area (Å²) in [6.45, 7) is 2.02. The number of thioether (sulfide) groups is 1. The van der Waals surface area contributed by atoms with Gasteiger partial charge in [0.05, 0.1) is 17.2 Å². The summed E-state index contributed by atoms with van der Waals surface area (Å²) >= 11 is 7.79. The van der Waals surface area contributed by atoms with Crippen molar-refractivity contribution in [3.05, 3.63) is 64.7 Å². The maximum Gasteiger partial charge on any atom is 0.339 e. The Hall–Kier alpha value is -1.98. The molecule has 0 saturated carbocycles. The second kappa shape index (κ2) is 10.1. The van der Waals surface area contributed by atoms with Crippen LogP contribution in [0.2, 0.25) is 5.02 Å². The number of rotatable bonds is 8. The highest BCUT2D eigenvalue weighted by Gasteiger charge is 2.12. The number of hydrogen-bond acceptors (Lipinski definition) is 4. The highest BCUT2D eigenvalue weighted by Crippen LogP contribution is 2.22. The van der Waals surface area contributed by atoms with E-state index < -0.39 is 5.97 Å². The Morgan fingerprint density at radius 1 is 1.16 bits per heavy atom. The number of benzene rings is 2. The predicted molar refractivity (Wildman–Crippen MR) is 103 cm³/mol. The first kappa shape index (κ1) is 19.3. The third-order valence-electron chi connectivity index (χ3n) is 3.33. The fraction of sp³-hybridized carbons (Fsp3) is 0.263. The quantitative estimate of drug-likeness (QED) is 0.531. The molecule has 0 unspecified atom stereocenters. The van der Waals surface area contributed by atoms with Crippen molar-refractivity contribution in [2.24, 2.45) is 0 Å². The number of carbonyl (C=O) groups is 2. The van der Waals surface area contributed by atoms with E-state index in [1.807, 2.05) is 18.2 Å². The average Bonchev–Trinajstić information content (AvgIpc) is 2.60. The monoisotopic (exact) mass is 377 g/mol. The third kappa shape index (κ3) is 6.44. The van der Waals surface area contributed by atoms with Crippen LogP contribution in [0.5, 0.6) is 0 Å². The number of hydrogen-bond donors (Lipinski definition) is 1. The molecule has 0 radical (unpaired) electrons. The van der Waals surface area contributed by atoms with E-state index in [4.69, 9.17) is 16.3 Å². The zero-order valence-electron chi connectivity index (χ0n) is 14.0. The van der Waals surface area contributed by atoms with Crippen LogP contribution in [0.15, 0.2) is 48.5 Å². The van der Waals surface area contributed by atoms with Crippen LogP contribution in [-0.2, 0) is 15.3 Å². The second-order valence-corrected chi connectivity index (χ2v) is 6.76. The molecule has 25 heavy (non-hydrogen) atoms. The standard InChI is InChI=1S/C19H20ClNO3S/c1-2-24-19(23)16-9-8-15(12-17(16)20)21-18(22)10-11-25-13-14-6-4-3-5-7-14/h3-9,12H,2,10-11,13H2,1H3,(H,21,22). The molecule has 0 aliphatic rings. The van der Waals surface area contributed by atoms with E-state index in [2.05, 4.69) is 17.4 Å². The van der Waals surface area contributed by atoms with E-state index in [0.29, 0.717) is 17.7 Å². The van der Waals surface area contributed by atoms with E-state index in [-0.39, 0.29) is 17.5 Å². The Morgan fingerprint density at radius 3 is 2.60 bits per heavy atom. The van der Waals surface area contributed by atoms with Crippen LogP contribution in [-0.4, -0.2) is 24.2 Å². The summed E-state index contributed by atoms with van der Waals surface area (Å²) in [7, 11) is 0. The number of carbonyl (C=O) groups excluding carboxylic acids is 2. The highest BCUT2D eigenvalue weighted by atomic mass is 35.5. The average molecular weight is 378 g/mol. The first-order valence-electron chi connectivity index (χ1n) is 7.98. The first-order valence-corrected chi connectivity index (χ1v) is 9.51. The molecule has 0 aromatic heterocycles. The summed E-state index contributed by atoms with van der Waals surface area (Å²) in [6, 6.07) is 14.9. The van der Waals surface area contributed by atoms with Crippen molar-refractivity contribution in [3.63, 3.8) is 0 Å². The predicted octanol–water partition coefficient (Wildman–Crippen LogP) is 4.78. The summed E-state index contributed by atoms with van der Waals surface area (Å²) in [5, 5.41) is 3.05. The Kier molecular flexibility index (Phi) is 7.82. The number of esters is 1. The molecule has 0 spiro atoms. The molecule has 2 aromatic carbocycles. The second-order valence-electron chi connectivity index (χ2n) is 5.25. The molecule has 132 valence electrons. The Bertz CT molecular complexity index is 722. The molecule has 2 aromatic rings. The van der Waals surface area contributed by atoms with Crippen molar-refractivity contribution in [1.82, 2.24) is 0 Å². The van der Waals surface area contributed by atoms with Crippen LogP contribution in [0.1, 0.15) is 29.3 Å². The van der Waals surface area contributed by atoms with Gasteiger partial charge in [0.2, 0.25) is 5.91 Å². The lowest BCUT2D eigenvalue weighted by molar-refractivity contribution is -0.115. The van der Waals surface area contributed by atoms with Crippen molar-refractivity contribution in [2.75, 3.05) is 17.7 Å². The van der Waals surface area contributed by atoms with Gasteiger partial charge in [-0.05, 0) is 30.7 Å². The third-order valence-corrected chi connectivity index (χ3v) is 4.68. The van der Waals surface area contributed by atoms with Crippen molar-refractivity contribution in [2.45, 2.75) is 19.1 Å². The van der Waals surface area contributed by atoms with Crippen LogP contribution in [0.25, 0.3) is 0 Å². The summed E-state index contributed by atoms with van der Waals surface area (Å²) in [6.07, 6.45) is 0.411. The Balaban J connectivity index is 1.78. The molecule has 4 nitrogen and oxygen atoms in total. The van der Waals surface area contributed by atoms with Gasteiger partial charge in [-0.25, -0.2) is 4.79 Å². The molecule has 0 heterocycles. The highest BCUT2D eigenvalue weighted by molar-refractivity contribution is 7.98. The maximum atomic E-state index is 12.0. The van der Waals surface area contributed by atoms with E-state index in [1.54, 1.807) is 36.9 Å². The summed E-state index contributed by atoms with van der Waals surface area (Å²) in [5.41, 5.74) is 2.10. The molecule has 0 fully saturated rings. The van der Waals surface area contributed by atoms with E-state index in [0.717, 1.165) is 11.5 Å². The summed E-state index contributed by atoms with van der Waals surface area (Å²) in [4.78, 5) is 23.7. The molecule has 0 atom stereocenters. The number of halogens is 1. The van der Waals surface area contributed by atoms with Crippen molar-refractivity contribution >= 4 is 40.9 Å². The minimum Gasteiger partial charge on any atom is -0.462 e. The molecule has 0 aliphatic heterocycles. The molecular weight excluding hydrogens is 358 g/mol. The summed E-state index contributed by atoms with van der Waals surface area (Å²) < 4.78 is 4.92. The summed E-state index contributed by atoms with van der Waals surface area (Å²) in [5.74, 6) is 1.06. The first-order chi connectivity index (χ1) is 12.1. The topological polar surface area (TPSA) is 55.4 Å². The van der Waals surface area contributed by atoms with Gasteiger partial charge >= 0.3 is 5.97 Å². The minimum atomic E-state index is -0.470.